The SMILES string of the molecule is CCOC(=O)CCCCO/N=C(/c1cccc(C(F)(F)F)c1)c1ccncn1. The lowest BCUT2D eigenvalue weighted by Gasteiger charge is -2.10. The number of oxime groups is 1. The molecule has 0 fully saturated rings. The van der Waals surface area contributed by atoms with Crippen LogP contribution in [-0.4, -0.2) is 34.9 Å². The van der Waals surface area contributed by atoms with Gasteiger partial charge in [-0.1, -0.05) is 17.3 Å². The highest BCUT2D eigenvalue weighted by atomic mass is 19.4. The Kier molecular flexibility index (Phi) is 7.91. The van der Waals surface area contributed by atoms with Crippen molar-refractivity contribution in [3.63, 3.8) is 0 Å². The predicted molar refractivity (Wildman–Crippen MR) is 95.6 cm³/mol. The van der Waals surface area contributed by atoms with Crippen molar-refractivity contribution < 1.29 is 27.5 Å². The normalized spacial score (nSPS) is 11.9. The van der Waals surface area contributed by atoms with Gasteiger partial charge in [0.15, 0.2) is 0 Å². The van der Waals surface area contributed by atoms with E-state index in [1.54, 1.807) is 6.92 Å². The number of alkyl halides is 3. The number of hydrogen-bond donors (Lipinski definition) is 0. The lowest BCUT2D eigenvalue weighted by Crippen LogP contribution is -2.11. The number of carbonyl (C=O) groups excluding carboxylic acids is 1. The maximum Gasteiger partial charge on any atom is 0.416 e. The summed E-state index contributed by atoms with van der Waals surface area (Å²) in [7, 11) is 0. The first-order valence-corrected chi connectivity index (χ1v) is 8.71. The van der Waals surface area contributed by atoms with E-state index in [1.165, 1.54) is 30.7 Å². The molecule has 0 aliphatic heterocycles. The standard InChI is InChI=1S/C19H20F3N3O3/c1-2-27-17(26)8-3-4-11-28-25-18(16-9-10-23-13-24-16)14-6-5-7-15(12-14)19(20,21)22/h5-7,9-10,12-13H,2-4,8,11H2,1H3/b25-18-. The third-order valence-corrected chi connectivity index (χ3v) is 3.62. The van der Waals surface area contributed by atoms with Gasteiger partial charge in [0.05, 0.1) is 17.9 Å². The Morgan fingerprint density at radius 3 is 2.71 bits per heavy atom. The van der Waals surface area contributed by atoms with Crippen LogP contribution in [-0.2, 0) is 20.5 Å². The molecular formula is C19H20F3N3O3. The summed E-state index contributed by atoms with van der Waals surface area (Å²) in [5.74, 6) is -0.281. The molecule has 0 unspecified atom stereocenters. The van der Waals surface area contributed by atoms with Crippen LogP contribution in [0.2, 0.25) is 0 Å². The molecule has 2 aromatic rings. The second kappa shape index (κ2) is 10.4. The number of aromatic nitrogens is 2. The van der Waals surface area contributed by atoms with Crippen molar-refractivity contribution in [1.82, 2.24) is 9.97 Å². The molecule has 1 heterocycles. The molecule has 6 nitrogen and oxygen atoms in total. The smallest absolute Gasteiger partial charge is 0.416 e. The van der Waals surface area contributed by atoms with Crippen molar-refractivity contribution in [2.45, 2.75) is 32.4 Å². The molecule has 0 atom stereocenters. The number of esters is 1. The Bertz CT molecular complexity index is 796. The van der Waals surface area contributed by atoms with Crippen LogP contribution in [0.3, 0.4) is 0 Å². The summed E-state index contributed by atoms with van der Waals surface area (Å²) in [4.78, 5) is 24.4. The Labute approximate surface area is 160 Å². The maximum atomic E-state index is 13.0. The number of unbranched alkanes of at least 4 members (excludes halogenated alkanes) is 1. The van der Waals surface area contributed by atoms with Crippen LogP contribution in [0.15, 0.2) is 48.0 Å². The topological polar surface area (TPSA) is 73.7 Å². The fourth-order valence-corrected chi connectivity index (χ4v) is 2.30. The van der Waals surface area contributed by atoms with Gasteiger partial charge in [-0.15, -0.1) is 0 Å². The number of halogens is 3. The number of carbonyl (C=O) groups is 1. The predicted octanol–water partition coefficient (Wildman–Crippen LogP) is 4.00. The summed E-state index contributed by atoms with van der Waals surface area (Å²) in [5.41, 5.74) is -0.0685. The molecule has 0 radical (unpaired) electrons. The van der Waals surface area contributed by atoms with Gasteiger partial charge in [-0.3, -0.25) is 4.79 Å². The summed E-state index contributed by atoms with van der Waals surface area (Å²) in [6.45, 7) is 2.27. The van der Waals surface area contributed by atoms with Crippen LogP contribution in [0, 0.1) is 0 Å². The van der Waals surface area contributed by atoms with E-state index in [9.17, 15) is 18.0 Å². The number of hydrogen-bond acceptors (Lipinski definition) is 6. The van der Waals surface area contributed by atoms with Gasteiger partial charge in [-0.2, -0.15) is 13.2 Å². The van der Waals surface area contributed by atoms with Crippen molar-refractivity contribution in [3.05, 3.63) is 59.7 Å². The van der Waals surface area contributed by atoms with E-state index in [0.717, 1.165) is 12.1 Å². The van der Waals surface area contributed by atoms with E-state index in [1.807, 2.05) is 0 Å². The van der Waals surface area contributed by atoms with E-state index >= 15 is 0 Å². The monoisotopic (exact) mass is 395 g/mol. The van der Waals surface area contributed by atoms with E-state index in [-0.39, 0.29) is 30.3 Å². The summed E-state index contributed by atoms with van der Waals surface area (Å²) < 4.78 is 43.9. The Morgan fingerprint density at radius 2 is 2.04 bits per heavy atom. The van der Waals surface area contributed by atoms with Gasteiger partial charge >= 0.3 is 12.1 Å². The Hall–Kier alpha value is -2.97. The van der Waals surface area contributed by atoms with Crippen LogP contribution >= 0.6 is 0 Å². The van der Waals surface area contributed by atoms with Gasteiger partial charge in [-0.25, -0.2) is 9.97 Å². The molecule has 150 valence electrons. The lowest BCUT2D eigenvalue weighted by atomic mass is 10.0. The van der Waals surface area contributed by atoms with E-state index in [4.69, 9.17) is 9.57 Å². The van der Waals surface area contributed by atoms with Gasteiger partial charge < -0.3 is 9.57 Å². The third kappa shape index (κ3) is 6.64. The van der Waals surface area contributed by atoms with Crippen LogP contribution in [0.5, 0.6) is 0 Å². The van der Waals surface area contributed by atoms with Crippen LogP contribution in [0.1, 0.15) is 43.0 Å². The van der Waals surface area contributed by atoms with Crippen molar-refractivity contribution in [2.24, 2.45) is 5.16 Å². The molecule has 0 spiro atoms. The molecule has 0 aliphatic rings. The minimum absolute atomic E-state index is 0.166. The maximum absolute atomic E-state index is 13.0. The first-order chi connectivity index (χ1) is 13.4. The Balaban J connectivity index is 2.09. The van der Waals surface area contributed by atoms with Crippen LogP contribution < -0.4 is 0 Å². The van der Waals surface area contributed by atoms with Crippen molar-refractivity contribution >= 4 is 11.7 Å². The van der Waals surface area contributed by atoms with E-state index in [0.29, 0.717) is 25.1 Å². The third-order valence-electron chi connectivity index (χ3n) is 3.62. The lowest BCUT2D eigenvalue weighted by molar-refractivity contribution is -0.143. The molecule has 1 aromatic heterocycles. The first-order valence-electron chi connectivity index (χ1n) is 8.71. The molecule has 2 rings (SSSR count). The summed E-state index contributed by atoms with van der Waals surface area (Å²) >= 11 is 0. The van der Waals surface area contributed by atoms with Gasteiger partial charge in [0.2, 0.25) is 0 Å². The van der Waals surface area contributed by atoms with Crippen molar-refractivity contribution in [3.8, 4) is 0 Å². The van der Waals surface area contributed by atoms with Gasteiger partial charge in [-0.05, 0) is 38.0 Å². The molecule has 9 heteroatoms. The summed E-state index contributed by atoms with van der Waals surface area (Å²) in [6.07, 6.45) is -0.362. The van der Waals surface area contributed by atoms with Gasteiger partial charge in [0.1, 0.15) is 18.6 Å². The molecule has 0 bridgehead atoms. The second-order valence-electron chi connectivity index (χ2n) is 5.71. The molecule has 1 aromatic carbocycles. The average molecular weight is 395 g/mol. The first kappa shape index (κ1) is 21.3. The minimum Gasteiger partial charge on any atom is -0.466 e. The van der Waals surface area contributed by atoms with Gasteiger partial charge in [0, 0.05) is 18.2 Å². The molecular weight excluding hydrogens is 375 g/mol. The molecule has 0 N–H and O–H groups in total. The zero-order valence-corrected chi connectivity index (χ0v) is 15.3. The van der Waals surface area contributed by atoms with Gasteiger partial charge in [0.25, 0.3) is 0 Å². The molecule has 28 heavy (non-hydrogen) atoms. The van der Waals surface area contributed by atoms with Crippen LogP contribution in [0.4, 0.5) is 13.2 Å². The number of ether oxygens (including phenoxy) is 1. The summed E-state index contributed by atoms with van der Waals surface area (Å²) in [6, 6.07) is 6.31. The zero-order chi connectivity index (χ0) is 20.4. The minimum atomic E-state index is -4.47. The van der Waals surface area contributed by atoms with E-state index in [2.05, 4.69) is 15.1 Å². The number of benzene rings is 1. The fourth-order valence-electron chi connectivity index (χ4n) is 2.30. The number of nitrogens with zero attached hydrogens (tertiary/aromatic N) is 3. The molecule has 0 aliphatic carbocycles. The quantitative estimate of drug-likeness (QED) is 0.278. The highest BCUT2D eigenvalue weighted by molar-refractivity contribution is 6.11. The number of rotatable bonds is 9. The fraction of sp³-hybridized carbons (Fsp3) is 0.368. The van der Waals surface area contributed by atoms with Crippen LogP contribution in [0.25, 0.3) is 0 Å². The highest BCUT2D eigenvalue weighted by Crippen LogP contribution is 2.30. The molecule has 0 saturated carbocycles. The highest BCUT2D eigenvalue weighted by Gasteiger charge is 2.30. The molecule has 0 saturated heterocycles. The molecule has 0 amide bonds. The van der Waals surface area contributed by atoms with Crippen molar-refractivity contribution in [1.29, 1.82) is 0 Å². The largest absolute Gasteiger partial charge is 0.466 e. The van der Waals surface area contributed by atoms with E-state index < -0.39 is 11.7 Å². The summed E-state index contributed by atoms with van der Waals surface area (Å²) in [5, 5.41) is 3.98. The Morgan fingerprint density at radius 1 is 1.21 bits per heavy atom. The average Bonchev–Trinajstić information content (AvgIpc) is 2.68. The zero-order valence-electron chi connectivity index (χ0n) is 15.3. The second-order valence-corrected chi connectivity index (χ2v) is 5.71. The van der Waals surface area contributed by atoms with Crippen molar-refractivity contribution in [2.75, 3.05) is 13.2 Å².